The second kappa shape index (κ2) is 42.5. The molecular formula is C47H89N2O7P. The van der Waals surface area contributed by atoms with Gasteiger partial charge in [-0.2, -0.15) is 0 Å². The van der Waals surface area contributed by atoms with Crippen LogP contribution < -0.4 is 11.1 Å². The third kappa shape index (κ3) is 41.0. The number of phosphoric acid groups is 1. The number of rotatable bonds is 43. The normalized spacial score (nSPS) is 15.0. The van der Waals surface area contributed by atoms with Gasteiger partial charge in [0.1, 0.15) is 0 Å². The molecule has 0 aromatic carbocycles. The van der Waals surface area contributed by atoms with Crippen molar-refractivity contribution in [1.29, 1.82) is 0 Å². The molecule has 4 atom stereocenters. The van der Waals surface area contributed by atoms with E-state index in [4.69, 9.17) is 14.8 Å². The minimum absolute atomic E-state index is 0.0403. The molecule has 0 saturated heterocycles. The first kappa shape index (κ1) is 55.4. The van der Waals surface area contributed by atoms with E-state index in [0.29, 0.717) is 12.8 Å². The zero-order valence-electron chi connectivity index (χ0n) is 36.7. The molecule has 9 nitrogen and oxygen atoms in total. The first-order chi connectivity index (χ1) is 27.8. The van der Waals surface area contributed by atoms with E-state index in [1.807, 2.05) is 6.08 Å². The van der Waals surface area contributed by atoms with E-state index >= 15 is 0 Å². The second-order valence-corrected chi connectivity index (χ2v) is 17.2. The fraction of sp³-hybridized carbons (Fsp3) is 0.809. The molecule has 0 saturated carbocycles. The summed E-state index contributed by atoms with van der Waals surface area (Å²) in [7, 11) is -4.42. The molecule has 1 amide bonds. The predicted octanol–water partition coefficient (Wildman–Crippen LogP) is 12.3. The smallest absolute Gasteiger partial charge is 0.393 e. The maximum atomic E-state index is 12.8. The number of nitrogens with two attached hydrogens (primary N) is 1. The summed E-state index contributed by atoms with van der Waals surface area (Å²) in [4.78, 5) is 22.8. The van der Waals surface area contributed by atoms with Gasteiger partial charge in [-0.25, -0.2) is 4.57 Å². The van der Waals surface area contributed by atoms with Crippen LogP contribution >= 0.6 is 7.82 Å². The number of hydrogen-bond acceptors (Lipinski definition) is 7. The monoisotopic (exact) mass is 825 g/mol. The first-order valence-corrected chi connectivity index (χ1v) is 24.8. The molecule has 0 bridgehead atoms. The first-order valence-electron chi connectivity index (χ1n) is 23.3. The van der Waals surface area contributed by atoms with Crippen molar-refractivity contribution in [1.82, 2.24) is 5.32 Å². The van der Waals surface area contributed by atoms with Crippen LogP contribution in [0.1, 0.15) is 206 Å². The van der Waals surface area contributed by atoms with Crippen LogP contribution in [-0.2, 0) is 18.4 Å². The minimum Gasteiger partial charge on any atom is -0.393 e. The lowest BCUT2D eigenvalue weighted by atomic mass is 10.0. The molecule has 57 heavy (non-hydrogen) atoms. The van der Waals surface area contributed by atoms with Gasteiger partial charge in [-0.3, -0.25) is 13.8 Å². The molecule has 0 aromatic heterocycles. The lowest BCUT2D eigenvalue weighted by molar-refractivity contribution is -0.124. The molecule has 0 aliphatic carbocycles. The number of nitrogens with one attached hydrogen (secondary N) is 1. The fourth-order valence-electron chi connectivity index (χ4n) is 6.61. The Hall–Kier alpha value is -1.58. The number of carbonyl (C=O) groups excluding carboxylic acids is 1. The van der Waals surface area contributed by atoms with Gasteiger partial charge in [0.25, 0.3) is 0 Å². The van der Waals surface area contributed by atoms with Gasteiger partial charge in [0.2, 0.25) is 5.91 Å². The number of hydrogen-bond donors (Lipinski definition) is 5. The molecule has 0 aliphatic heterocycles. The van der Waals surface area contributed by atoms with Crippen LogP contribution in [0.3, 0.4) is 0 Å². The SMILES string of the molecule is CCCCCCCC/C=C/CC/C=C/CC/C=C/C(O)C(COP(=O)(O)OCCN)NC(=O)CC(O)CCCCCCC/C=C\CCCCCCCCCCCC. The van der Waals surface area contributed by atoms with Gasteiger partial charge in [0.05, 0.1) is 37.9 Å². The molecular weight excluding hydrogens is 735 g/mol. The molecule has 6 N–H and O–H groups in total. The Bertz CT molecular complexity index is 1050. The summed E-state index contributed by atoms with van der Waals surface area (Å²) >= 11 is 0. The Morgan fingerprint density at radius 3 is 1.46 bits per heavy atom. The maximum Gasteiger partial charge on any atom is 0.472 e. The quantitative estimate of drug-likeness (QED) is 0.0232. The Balaban J connectivity index is 4.34. The van der Waals surface area contributed by atoms with Crippen molar-refractivity contribution in [2.75, 3.05) is 19.8 Å². The number of aliphatic hydroxyl groups is 2. The van der Waals surface area contributed by atoms with Crippen molar-refractivity contribution in [2.45, 2.75) is 225 Å². The third-order valence-electron chi connectivity index (χ3n) is 10.2. The summed E-state index contributed by atoms with van der Waals surface area (Å²) < 4.78 is 22.1. The van der Waals surface area contributed by atoms with Crippen molar-refractivity contribution < 1.29 is 33.5 Å². The van der Waals surface area contributed by atoms with Crippen LogP contribution in [0, 0.1) is 0 Å². The van der Waals surface area contributed by atoms with Crippen molar-refractivity contribution in [3.05, 3.63) is 48.6 Å². The van der Waals surface area contributed by atoms with E-state index in [9.17, 15) is 24.5 Å². The number of aliphatic hydroxyl groups excluding tert-OH is 2. The summed E-state index contributed by atoms with van der Waals surface area (Å²) in [6.07, 6.45) is 49.1. The summed E-state index contributed by atoms with van der Waals surface area (Å²) in [6, 6.07) is -1.01. The zero-order valence-corrected chi connectivity index (χ0v) is 37.6. The van der Waals surface area contributed by atoms with E-state index in [0.717, 1.165) is 57.8 Å². The van der Waals surface area contributed by atoms with Crippen LogP contribution in [0.2, 0.25) is 0 Å². The Kier molecular flexibility index (Phi) is 41.4. The number of allylic oxidation sites excluding steroid dienone is 7. The van der Waals surface area contributed by atoms with E-state index < -0.39 is 38.6 Å². The molecule has 4 unspecified atom stereocenters. The number of amides is 1. The molecule has 10 heteroatoms. The van der Waals surface area contributed by atoms with Gasteiger partial charge < -0.3 is 26.2 Å². The van der Waals surface area contributed by atoms with Crippen molar-refractivity contribution in [2.24, 2.45) is 5.73 Å². The summed E-state index contributed by atoms with van der Waals surface area (Å²) in [5.74, 6) is -0.465. The van der Waals surface area contributed by atoms with Crippen LogP contribution in [0.15, 0.2) is 48.6 Å². The number of carbonyl (C=O) groups is 1. The van der Waals surface area contributed by atoms with Gasteiger partial charge in [0, 0.05) is 6.54 Å². The standard InChI is InChI=1S/C47H89N2O7P/c1-3-5-7-9-11-13-15-17-19-21-22-23-24-26-28-30-32-34-36-38-44(50)42-47(52)49-45(43-56-57(53,54)55-41-40-48)46(51)39-37-35-33-31-29-27-25-20-18-16-14-12-10-8-6-4-2/h18,20,23-24,29,31,37,39,44-46,50-51H,3-17,19,21-22,25-28,30,32-36,38,40-43,48H2,1-2H3,(H,49,52)(H,53,54)/b20-18+,24-23-,31-29+,39-37+. The molecule has 0 rings (SSSR count). The van der Waals surface area contributed by atoms with E-state index in [2.05, 4.69) is 55.6 Å². The van der Waals surface area contributed by atoms with Crippen LogP contribution in [0.5, 0.6) is 0 Å². The summed E-state index contributed by atoms with van der Waals surface area (Å²) in [6.45, 7) is 3.93. The highest BCUT2D eigenvalue weighted by Gasteiger charge is 2.27. The Labute approximate surface area is 350 Å². The third-order valence-corrected chi connectivity index (χ3v) is 11.1. The highest BCUT2D eigenvalue weighted by Crippen LogP contribution is 2.43. The largest absolute Gasteiger partial charge is 0.472 e. The average molecular weight is 825 g/mol. The van der Waals surface area contributed by atoms with Crippen LogP contribution in [0.4, 0.5) is 0 Å². The zero-order chi connectivity index (χ0) is 41.9. The summed E-state index contributed by atoms with van der Waals surface area (Å²) in [5, 5.41) is 24.1. The van der Waals surface area contributed by atoms with E-state index in [1.165, 1.54) is 116 Å². The van der Waals surface area contributed by atoms with E-state index in [-0.39, 0.29) is 19.6 Å². The summed E-state index contributed by atoms with van der Waals surface area (Å²) in [5.41, 5.74) is 5.36. The maximum absolute atomic E-state index is 12.8. The molecule has 0 aliphatic rings. The topological polar surface area (TPSA) is 151 Å². The van der Waals surface area contributed by atoms with Gasteiger partial charge in [-0.15, -0.1) is 0 Å². The van der Waals surface area contributed by atoms with Crippen molar-refractivity contribution in [3.8, 4) is 0 Å². The number of unbranched alkanes of at least 4 members (excludes halogenated alkanes) is 23. The molecule has 0 spiro atoms. The van der Waals surface area contributed by atoms with Gasteiger partial charge in [0.15, 0.2) is 0 Å². The lowest BCUT2D eigenvalue weighted by Gasteiger charge is -2.24. The average Bonchev–Trinajstić information content (AvgIpc) is 3.19. The second-order valence-electron chi connectivity index (χ2n) is 15.8. The molecule has 0 heterocycles. The Morgan fingerprint density at radius 2 is 1.00 bits per heavy atom. The van der Waals surface area contributed by atoms with Crippen molar-refractivity contribution >= 4 is 13.7 Å². The highest BCUT2D eigenvalue weighted by molar-refractivity contribution is 7.47. The molecule has 0 aromatic rings. The van der Waals surface area contributed by atoms with Crippen molar-refractivity contribution in [3.63, 3.8) is 0 Å². The molecule has 0 radical (unpaired) electrons. The highest BCUT2D eigenvalue weighted by atomic mass is 31.2. The lowest BCUT2D eigenvalue weighted by Crippen LogP contribution is -2.46. The van der Waals surface area contributed by atoms with Crippen LogP contribution in [-0.4, -0.2) is 59.0 Å². The molecule has 334 valence electrons. The van der Waals surface area contributed by atoms with E-state index in [1.54, 1.807) is 6.08 Å². The fourth-order valence-corrected chi connectivity index (χ4v) is 7.37. The Morgan fingerprint density at radius 1 is 0.596 bits per heavy atom. The molecule has 0 fully saturated rings. The van der Waals surface area contributed by atoms with Gasteiger partial charge in [-0.05, 0) is 70.6 Å². The predicted molar refractivity (Wildman–Crippen MR) is 241 cm³/mol. The number of phosphoric ester groups is 1. The van der Waals surface area contributed by atoms with Gasteiger partial charge >= 0.3 is 7.82 Å². The minimum atomic E-state index is -4.42. The van der Waals surface area contributed by atoms with Crippen LogP contribution in [0.25, 0.3) is 0 Å². The van der Waals surface area contributed by atoms with Gasteiger partial charge in [-0.1, -0.05) is 178 Å².